The zero-order valence-corrected chi connectivity index (χ0v) is 11.1. The molecule has 96 valence electrons. The second-order valence-electron chi connectivity index (χ2n) is 4.25. The molecule has 2 rings (SSSR count). The summed E-state index contributed by atoms with van der Waals surface area (Å²) in [6.07, 6.45) is 2.94. The molecule has 18 heavy (non-hydrogen) atoms. The molecule has 0 aliphatic heterocycles. The highest BCUT2D eigenvalue weighted by Crippen LogP contribution is 2.28. The number of nitrogens with two attached hydrogens (primary N) is 1. The van der Waals surface area contributed by atoms with Crippen molar-refractivity contribution in [2.45, 2.75) is 19.9 Å². The minimum Gasteiger partial charge on any atom is -0.496 e. The van der Waals surface area contributed by atoms with E-state index in [2.05, 4.69) is 18.1 Å². The molecule has 1 heterocycles. The molecule has 0 aliphatic carbocycles. The highest BCUT2D eigenvalue weighted by atomic mass is 16.5. The van der Waals surface area contributed by atoms with Crippen molar-refractivity contribution in [1.29, 1.82) is 0 Å². The molecule has 0 fully saturated rings. The number of nitrogens with zero attached hydrogens (tertiary/aromatic N) is 2. The van der Waals surface area contributed by atoms with Crippen LogP contribution in [0, 0.1) is 0 Å². The SMILES string of the molecule is CCc1cc(-c2cn(C)nc2CN)ccc1OC. The molecule has 0 saturated heterocycles. The third-order valence-corrected chi connectivity index (χ3v) is 3.07. The van der Waals surface area contributed by atoms with E-state index in [1.54, 1.807) is 11.8 Å². The highest BCUT2D eigenvalue weighted by molar-refractivity contribution is 5.67. The van der Waals surface area contributed by atoms with Crippen molar-refractivity contribution >= 4 is 0 Å². The average molecular weight is 245 g/mol. The van der Waals surface area contributed by atoms with E-state index in [0.29, 0.717) is 6.54 Å². The summed E-state index contributed by atoms with van der Waals surface area (Å²) >= 11 is 0. The van der Waals surface area contributed by atoms with Crippen molar-refractivity contribution in [3.63, 3.8) is 0 Å². The Hall–Kier alpha value is -1.81. The fourth-order valence-corrected chi connectivity index (χ4v) is 2.15. The first-order chi connectivity index (χ1) is 8.69. The number of aryl methyl sites for hydroxylation is 2. The Morgan fingerprint density at radius 2 is 2.17 bits per heavy atom. The number of aromatic nitrogens is 2. The van der Waals surface area contributed by atoms with Crippen LogP contribution in [0.4, 0.5) is 0 Å². The number of rotatable bonds is 4. The number of methoxy groups -OCH3 is 1. The molecule has 2 N–H and O–H groups in total. The van der Waals surface area contributed by atoms with Crippen LogP contribution < -0.4 is 10.5 Å². The number of ether oxygens (including phenoxy) is 1. The zero-order chi connectivity index (χ0) is 13.1. The lowest BCUT2D eigenvalue weighted by atomic mass is 10.0. The number of hydrogen-bond donors (Lipinski definition) is 1. The third-order valence-electron chi connectivity index (χ3n) is 3.07. The van der Waals surface area contributed by atoms with Gasteiger partial charge in [0, 0.05) is 25.4 Å². The quantitative estimate of drug-likeness (QED) is 0.897. The number of hydrogen-bond acceptors (Lipinski definition) is 3. The van der Waals surface area contributed by atoms with Crippen molar-refractivity contribution in [2.75, 3.05) is 7.11 Å². The molecular weight excluding hydrogens is 226 g/mol. The Morgan fingerprint density at radius 3 is 2.78 bits per heavy atom. The van der Waals surface area contributed by atoms with Gasteiger partial charge in [0.25, 0.3) is 0 Å². The van der Waals surface area contributed by atoms with Crippen LogP contribution in [0.25, 0.3) is 11.1 Å². The van der Waals surface area contributed by atoms with Crippen LogP contribution in [0.5, 0.6) is 5.75 Å². The van der Waals surface area contributed by atoms with Crippen molar-refractivity contribution in [3.05, 3.63) is 35.7 Å². The van der Waals surface area contributed by atoms with E-state index in [1.807, 2.05) is 25.4 Å². The first kappa shape index (κ1) is 12.6. The molecule has 0 aliphatic rings. The van der Waals surface area contributed by atoms with Crippen molar-refractivity contribution < 1.29 is 4.74 Å². The summed E-state index contributed by atoms with van der Waals surface area (Å²) in [5.41, 5.74) is 10.1. The lowest BCUT2D eigenvalue weighted by Crippen LogP contribution is -2.00. The summed E-state index contributed by atoms with van der Waals surface area (Å²) in [7, 11) is 3.61. The lowest BCUT2D eigenvalue weighted by molar-refractivity contribution is 0.410. The fraction of sp³-hybridized carbons (Fsp3) is 0.357. The van der Waals surface area contributed by atoms with Gasteiger partial charge in [-0.3, -0.25) is 4.68 Å². The Labute approximate surface area is 107 Å². The third kappa shape index (κ3) is 2.24. The maximum atomic E-state index is 5.73. The maximum absolute atomic E-state index is 5.73. The van der Waals surface area contributed by atoms with Crippen molar-refractivity contribution in [1.82, 2.24) is 9.78 Å². The standard InChI is InChI=1S/C14H19N3O/c1-4-10-7-11(5-6-14(10)18-3)12-9-17(2)16-13(12)8-15/h5-7,9H,4,8,15H2,1-3H3. The van der Waals surface area contributed by atoms with Gasteiger partial charge < -0.3 is 10.5 Å². The van der Waals surface area contributed by atoms with E-state index in [1.165, 1.54) is 5.56 Å². The Balaban J connectivity index is 2.50. The van der Waals surface area contributed by atoms with Gasteiger partial charge in [-0.05, 0) is 29.7 Å². The first-order valence-corrected chi connectivity index (χ1v) is 6.09. The molecule has 0 radical (unpaired) electrons. The topological polar surface area (TPSA) is 53.1 Å². The normalized spacial score (nSPS) is 10.7. The Bertz CT molecular complexity index is 546. The summed E-state index contributed by atoms with van der Waals surface area (Å²) in [6.45, 7) is 2.57. The van der Waals surface area contributed by atoms with Crippen molar-refractivity contribution in [2.24, 2.45) is 12.8 Å². The van der Waals surface area contributed by atoms with Gasteiger partial charge in [0.2, 0.25) is 0 Å². The van der Waals surface area contributed by atoms with E-state index in [9.17, 15) is 0 Å². The lowest BCUT2D eigenvalue weighted by Gasteiger charge is -2.09. The molecule has 0 atom stereocenters. The second kappa shape index (κ2) is 5.23. The summed E-state index contributed by atoms with van der Waals surface area (Å²) in [5.74, 6) is 0.930. The molecule has 2 aromatic rings. The highest BCUT2D eigenvalue weighted by Gasteiger charge is 2.10. The van der Waals surface area contributed by atoms with Gasteiger partial charge in [0.15, 0.2) is 0 Å². The van der Waals surface area contributed by atoms with Crippen LogP contribution in [-0.2, 0) is 20.0 Å². The molecule has 1 aromatic heterocycles. The predicted molar refractivity (Wildman–Crippen MR) is 72.5 cm³/mol. The second-order valence-corrected chi connectivity index (χ2v) is 4.25. The first-order valence-electron chi connectivity index (χ1n) is 6.09. The summed E-state index contributed by atoms with van der Waals surface area (Å²) < 4.78 is 7.14. The molecule has 0 saturated carbocycles. The van der Waals surface area contributed by atoms with E-state index >= 15 is 0 Å². The Morgan fingerprint density at radius 1 is 1.39 bits per heavy atom. The predicted octanol–water partition coefficient (Wildman–Crippen LogP) is 2.12. The van der Waals surface area contributed by atoms with E-state index in [-0.39, 0.29) is 0 Å². The molecular formula is C14H19N3O. The fourth-order valence-electron chi connectivity index (χ4n) is 2.15. The average Bonchev–Trinajstić information content (AvgIpc) is 2.79. The van der Waals surface area contributed by atoms with Crippen LogP contribution >= 0.6 is 0 Å². The van der Waals surface area contributed by atoms with E-state index < -0.39 is 0 Å². The molecule has 0 unspecified atom stereocenters. The Kier molecular flexibility index (Phi) is 3.67. The van der Waals surface area contributed by atoms with Crippen LogP contribution in [0.1, 0.15) is 18.2 Å². The monoisotopic (exact) mass is 245 g/mol. The van der Waals surface area contributed by atoms with Gasteiger partial charge in [-0.25, -0.2) is 0 Å². The summed E-state index contributed by atoms with van der Waals surface area (Å²) in [6, 6.07) is 6.20. The molecule has 0 spiro atoms. The minimum atomic E-state index is 0.448. The minimum absolute atomic E-state index is 0.448. The molecule has 4 nitrogen and oxygen atoms in total. The van der Waals surface area contributed by atoms with Crippen LogP contribution in [0.3, 0.4) is 0 Å². The smallest absolute Gasteiger partial charge is 0.122 e. The summed E-state index contributed by atoms with van der Waals surface area (Å²) in [5, 5.41) is 4.36. The van der Waals surface area contributed by atoms with Gasteiger partial charge in [-0.2, -0.15) is 5.10 Å². The van der Waals surface area contributed by atoms with Gasteiger partial charge in [0.1, 0.15) is 5.75 Å². The molecule has 4 heteroatoms. The molecule has 1 aromatic carbocycles. The summed E-state index contributed by atoms with van der Waals surface area (Å²) in [4.78, 5) is 0. The van der Waals surface area contributed by atoms with Crippen LogP contribution in [0.15, 0.2) is 24.4 Å². The van der Waals surface area contributed by atoms with E-state index in [4.69, 9.17) is 10.5 Å². The van der Waals surface area contributed by atoms with Crippen LogP contribution in [-0.4, -0.2) is 16.9 Å². The van der Waals surface area contributed by atoms with Gasteiger partial charge in [0.05, 0.1) is 12.8 Å². The number of benzene rings is 1. The molecule has 0 amide bonds. The van der Waals surface area contributed by atoms with Crippen LogP contribution in [0.2, 0.25) is 0 Å². The van der Waals surface area contributed by atoms with Gasteiger partial charge >= 0.3 is 0 Å². The van der Waals surface area contributed by atoms with Gasteiger partial charge in [-0.15, -0.1) is 0 Å². The molecule has 0 bridgehead atoms. The van der Waals surface area contributed by atoms with Crippen molar-refractivity contribution in [3.8, 4) is 16.9 Å². The van der Waals surface area contributed by atoms with Gasteiger partial charge in [-0.1, -0.05) is 13.0 Å². The van der Waals surface area contributed by atoms with E-state index in [0.717, 1.165) is 29.0 Å². The largest absolute Gasteiger partial charge is 0.496 e. The maximum Gasteiger partial charge on any atom is 0.122 e. The zero-order valence-electron chi connectivity index (χ0n) is 11.1.